The predicted octanol–water partition coefficient (Wildman–Crippen LogP) is 3.32. The lowest BCUT2D eigenvalue weighted by atomic mass is 10.2. The van der Waals surface area contributed by atoms with Gasteiger partial charge < -0.3 is 5.32 Å². The van der Waals surface area contributed by atoms with E-state index in [9.17, 15) is 4.39 Å². The summed E-state index contributed by atoms with van der Waals surface area (Å²) in [5.41, 5.74) is 1.79. The molecule has 16 heavy (non-hydrogen) atoms. The molecule has 0 spiro atoms. The molecule has 1 heterocycles. The number of aromatic nitrogens is 2. The van der Waals surface area contributed by atoms with E-state index in [1.54, 1.807) is 0 Å². The van der Waals surface area contributed by atoms with Gasteiger partial charge in [-0.05, 0) is 30.2 Å². The van der Waals surface area contributed by atoms with Crippen LogP contribution in [0.5, 0.6) is 0 Å². The number of aryl methyl sites for hydroxylation is 1. The zero-order valence-corrected chi connectivity index (χ0v) is 9.29. The first kappa shape index (κ1) is 10.8. The Hall–Kier alpha value is -1.68. The van der Waals surface area contributed by atoms with Gasteiger partial charge in [-0.3, -0.25) is 0 Å². The SMILES string of the molecule is Cc1ccccc1Nc1nc(Cl)ncc1F. The smallest absolute Gasteiger partial charge is 0.224 e. The van der Waals surface area contributed by atoms with Crippen LogP contribution in [0.1, 0.15) is 5.56 Å². The van der Waals surface area contributed by atoms with Crippen LogP contribution in [0.25, 0.3) is 0 Å². The van der Waals surface area contributed by atoms with E-state index in [-0.39, 0.29) is 11.1 Å². The molecule has 0 aliphatic heterocycles. The fraction of sp³-hybridized carbons (Fsp3) is 0.0909. The van der Waals surface area contributed by atoms with E-state index in [2.05, 4.69) is 15.3 Å². The van der Waals surface area contributed by atoms with Crippen LogP contribution in [0.4, 0.5) is 15.9 Å². The number of nitrogens with one attached hydrogen (secondary N) is 1. The molecule has 5 heteroatoms. The summed E-state index contributed by atoms with van der Waals surface area (Å²) in [6.07, 6.45) is 1.04. The van der Waals surface area contributed by atoms with Crippen molar-refractivity contribution in [2.24, 2.45) is 0 Å². The fourth-order valence-corrected chi connectivity index (χ4v) is 1.41. The lowest BCUT2D eigenvalue weighted by Crippen LogP contribution is -2.00. The van der Waals surface area contributed by atoms with Crippen molar-refractivity contribution in [1.82, 2.24) is 9.97 Å². The lowest BCUT2D eigenvalue weighted by Gasteiger charge is -2.08. The van der Waals surface area contributed by atoms with E-state index >= 15 is 0 Å². The van der Waals surface area contributed by atoms with Crippen LogP contribution in [0.15, 0.2) is 30.5 Å². The van der Waals surface area contributed by atoms with Gasteiger partial charge in [0, 0.05) is 5.69 Å². The topological polar surface area (TPSA) is 37.8 Å². The van der Waals surface area contributed by atoms with Crippen molar-refractivity contribution in [3.63, 3.8) is 0 Å². The van der Waals surface area contributed by atoms with Gasteiger partial charge in [0.15, 0.2) is 11.6 Å². The molecule has 2 aromatic rings. The van der Waals surface area contributed by atoms with Crippen molar-refractivity contribution in [3.8, 4) is 0 Å². The monoisotopic (exact) mass is 237 g/mol. The largest absolute Gasteiger partial charge is 0.337 e. The minimum Gasteiger partial charge on any atom is -0.337 e. The number of para-hydroxylation sites is 1. The Morgan fingerprint density at radius 3 is 2.81 bits per heavy atom. The number of halogens is 2. The molecular formula is C11H9ClFN3. The highest BCUT2D eigenvalue weighted by Gasteiger charge is 2.06. The lowest BCUT2D eigenvalue weighted by molar-refractivity contribution is 0.619. The third-order valence-electron chi connectivity index (χ3n) is 2.11. The summed E-state index contributed by atoms with van der Waals surface area (Å²) < 4.78 is 13.3. The third kappa shape index (κ3) is 2.28. The van der Waals surface area contributed by atoms with Crippen LogP contribution >= 0.6 is 11.6 Å². The zero-order valence-electron chi connectivity index (χ0n) is 8.54. The molecule has 0 saturated heterocycles. The molecule has 0 saturated carbocycles. The highest BCUT2D eigenvalue weighted by Crippen LogP contribution is 2.21. The van der Waals surface area contributed by atoms with Crippen LogP contribution in [0, 0.1) is 12.7 Å². The van der Waals surface area contributed by atoms with Gasteiger partial charge >= 0.3 is 0 Å². The van der Waals surface area contributed by atoms with Gasteiger partial charge in [-0.25, -0.2) is 9.37 Å². The molecule has 2 rings (SSSR count). The summed E-state index contributed by atoms with van der Waals surface area (Å²) in [6.45, 7) is 1.92. The Morgan fingerprint density at radius 2 is 2.06 bits per heavy atom. The molecule has 0 radical (unpaired) electrons. The van der Waals surface area contributed by atoms with Gasteiger partial charge in [-0.2, -0.15) is 4.98 Å². The van der Waals surface area contributed by atoms with Crippen LogP contribution in [0.3, 0.4) is 0 Å². The van der Waals surface area contributed by atoms with Crippen molar-refractivity contribution in [1.29, 1.82) is 0 Å². The average molecular weight is 238 g/mol. The second-order valence-corrected chi connectivity index (χ2v) is 3.61. The molecule has 1 aromatic heterocycles. The Balaban J connectivity index is 2.34. The molecule has 0 fully saturated rings. The van der Waals surface area contributed by atoms with Crippen LogP contribution in [-0.2, 0) is 0 Å². The van der Waals surface area contributed by atoms with Gasteiger partial charge in [0.1, 0.15) is 0 Å². The number of nitrogens with zero attached hydrogens (tertiary/aromatic N) is 2. The second-order valence-electron chi connectivity index (χ2n) is 3.28. The molecule has 0 aliphatic rings. The number of benzene rings is 1. The normalized spacial score (nSPS) is 10.2. The van der Waals surface area contributed by atoms with Gasteiger partial charge in [0.2, 0.25) is 5.28 Å². The minimum atomic E-state index is -0.535. The van der Waals surface area contributed by atoms with E-state index in [4.69, 9.17) is 11.6 Å². The Bertz CT molecular complexity index is 516. The predicted molar refractivity (Wildman–Crippen MR) is 61.5 cm³/mol. The summed E-state index contributed by atoms with van der Waals surface area (Å²) in [5, 5.41) is 2.88. The molecule has 0 bridgehead atoms. The summed E-state index contributed by atoms with van der Waals surface area (Å²) in [7, 11) is 0. The van der Waals surface area contributed by atoms with E-state index in [0.717, 1.165) is 17.4 Å². The number of anilines is 2. The van der Waals surface area contributed by atoms with Crippen molar-refractivity contribution >= 4 is 23.1 Å². The van der Waals surface area contributed by atoms with Gasteiger partial charge in [0.05, 0.1) is 6.20 Å². The summed E-state index contributed by atoms with van der Waals surface area (Å²) in [6, 6.07) is 7.52. The zero-order chi connectivity index (χ0) is 11.5. The van der Waals surface area contributed by atoms with Crippen molar-refractivity contribution in [2.45, 2.75) is 6.92 Å². The number of hydrogen-bond acceptors (Lipinski definition) is 3. The van der Waals surface area contributed by atoms with E-state index in [0.29, 0.717) is 0 Å². The highest BCUT2D eigenvalue weighted by atomic mass is 35.5. The molecule has 82 valence electrons. The van der Waals surface area contributed by atoms with Gasteiger partial charge in [-0.1, -0.05) is 18.2 Å². The van der Waals surface area contributed by atoms with E-state index in [1.807, 2.05) is 31.2 Å². The Morgan fingerprint density at radius 1 is 1.31 bits per heavy atom. The van der Waals surface area contributed by atoms with Crippen molar-refractivity contribution < 1.29 is 4.39 Å². The molecule has 1 N–H and O–H groups in total. The summed E-state index contributed by atoms with van der Waals surface area (Å²) >= 11 is 5.59. The third-order valence-corrected chi connectivity index (χ3v) is 2.29. The fourth-order valence-electron chi connectivity index (χ4n) is 1.27. The molecular weight excluding hydrogens is 229 g/mol. The molecule has 1 aromatic carbocycles. The highest BCUT2D eigenvalue weighted by molar-refractivity contribution is 6.28. The molecule has 0 atom stereocenters. The van der Waals surface area contributed by atoms with Crippen LogP contribution < -0.4 is 5.32 Å². The molecule has 0 amide bonds. The Kier molecular flexibility index (Phi) is 3.01. The van der Waals surface area contributed by atoms with Gasteiger partial charge in [-0.15, -0.1) is 0 Å². The number of rotatable bonds is 2. The minimum absolute atomic E-state index is 0.0116. The summed E-state index contributed by atoms with van der Waals surface area (Å²) in [4.78, 5) is 7.32. The van der Waals surface area contributed by atoms with Crippen molar-refractivity contribution in [2.75, 3.05) is 5.32 Å². The van der Waals surface area contributed by atoms with Crippen molar-refractivity contribution in [3.05, 3.63) is 47.1 Å². The first-order valence-electron chi connectivity index (χ1n) is 4.67. The first-order valence-corrected chi connectivity index (χ1v) is 5.05. The second kappa shape index (κ2) is 4.45. The molecule has 3 nitrogen and oxygen atoms in total. The van der Waals surface area contributed by atoms with Crippen LogP contribution in [0.2, 0.25) is 5.28 Å². The van der Waals surface area contributed by atoms with E-state index in [1.165, 1.54) is 0 Å². The maximum absolute atomic E-state index is 13.3. The first-order chi connectivity index (χ1) is 7.66. The Labute approximate surface area is 97.3 Å². The van der Waals surface area contributed by atoms with Gasteiger partial charge in [0.25, 0.3) is 0 Å². The maximum Gasteiger partial charge on any atom is 0.224 e. The van der Waals surface area contributed by atoms with E-state index < -0.39 is 5.82 Å². The molecule has 0 unspecified atom stereocenters. The van der Waals surface area contributed by atoms with Crippen LogP contribution in [-0.4, -0.2) is 9.97 Å². The summed E-state index contributed by atoms with van der Waals surface area (Å²) in [5.74, 6) is -0.457. The average Bonchev–Trinajstić information content (AvgIpc) is 2.27. The standard InChI is InChI=1S/C11H9ClFN3/c1-7-4-2-3-5-9(7)15-10-8(13)6-14-11(12)16-10/h2-6H,1H3,(H,14,15,16). The maximum atomic E-state index is 13.3. The molecule has 0 aliphatic carbocycles. The number of hydrogen-bond donors (Lipinski definition) is 1. The quantitative estimate of drug-likeness (QED) is 0.815.